The third-order valence-corrected chi connectivity index (χ3v) is 7.09. The van der Waals surface area contributed by atoms with Crippen molar-refractivity contribution in [3.8, 4) is 5.75 Å². The third kappa shape index (κ3) is 4.56. The minimum Gasteiger partial charge on any atom is -0.486 e. The number of fused-ring (bicyclic) bond motifs is 2. The summed E-state index contributed by atoms with van der Waals surface area (Å²) in [5, 5.41) is 0. The van der Waals surface area contributed by atoms with Crippen LogP contribution in [0.25, 0.3) is 22.1 Å². The fourth-order valence-electron chi connectivity index (χ4n) is 5.11. The lowest BCUT2D eigenvalue weighted by Gasteiger charge is -2.32. The van der Waals surface area contributed by atoms with Gasteiger partial charge in [-0.2, -0.15) is 0 Å². The van der Waals surface area contributed by atoms with Crippen molar-refractivity contribution in [1.82, 2.24) is 24.0 Å². The molecule has 7 nitrogen and oxygen atoms in total. The van der Waals surface area contributed by atoms with Gasteiger partial charge in [0, 0.05) is 19.6 Å². The molecule has 1 amide bonds. The van der Waals surface area contributed by atoms with E-state index < -0.39 is 0 Å². The molecule has 2 aromatic heterocycles. The first-order chi connectivity index (χ1) is 17.7. The Morgan fingerprint density at radius 1 is 0.861 bits per heavy atom. The molecule has 182 valence electrons. The summed E-state index contributed by atoms with van der Waals surface area (Å²) in [5.41, 5.74) is 4.04. The summed E-state index contributed by atoms with van der Waals surface area (Å²) in [6.45, 7) is 3.19. The molecular formula is C29H29N5O2. The van der Waals surface area contributed by atoms with Crippen molar-refractivity contribution >= 4 is 28.0 Å². The molecule has 0 spiro atoms. The zero-order valence-corrected chi connectivity index (χ0v) is 20.2. The number of benzene rings is 3. The molecule has 5 aromatic rings. The van der Waals surface area contributed by atoms with Gasteiger partial charge in [0.15, 0.2) is 0 Å². The predicted molar refractivity (Wildman–Crippen MR) is 140 cm³/mol. The molecule has 0 bridgehead atoms. The number of carbonyl (C=O) groups is 1. The van der Waals surface area contributed by atoms with E-state index in [0.29, 0.717) is 19.1 Å². The quantitative estimate of drug-likeness (QED) is 0.333. The smallest absolute Gasteiger partial charge is 0.242 e. The van der Waals surface area contributed by atoms with Crippen molar-refractivity contribution in [2.24, 2.45) is 5.92 Å². The fourth-order valence-corrected chi connectivity index (χ4v) is 5.11. The Morgan fingerprint density at radius 2 is 1.56 bits per heavy atom. The highest BCUT2D eigenvalue weighted by atomic mass is 16.5. The normalized spacial score (nSPS) is 14.5. The second-order valence-electron chi connectivity index (χ2n) is 9.41. The topological polar surface area (TPSA) is 65.2 Å². The Labute approximate surface area is 210 Å². The zero-order chi connectivity index (χ0) is 24.3. The highest BCUT2D eigenvalue weighted by Crippen LogP contribution is 2.25. The summed E-state index contributed by atoms with van der Waals surface area (Å²) < 4.78 is 10.3. The SMILES string of the molecule is O=C(Cn1cnc2ccccc21)N1CCC(Cn2c(COc3ccccc3)nc3ccccc32)CC1. The van der Waals surface area contributed by atoms with Crippen molar-refractivity contribution in [3.63, 3.8) is 0 Å². The van der Waals surface area contributed by atoms with Crippen LogP contribution in [0.5, 0.6) is 5.75 Å². The Kier molecular flexibility index (Phi) is 6.11. The maximum Gasteiger partial charge on any atom is 0.242 e. The van der Waals surface area contributed by atoms with Crippen molar-refractivity contribution < 1.29 is 9.53 Å². The first-order valence-electron chi connectivity index (χ1n) is 12.5. The van der Waals surface area contributed by atoms with E-state index in [2.05, 4.69) is 27.8 Å². The molecule has 0 aliphatic carbocycles. The molecule has 0 atom stereocenters. The summed E-state index contributed by atoms with van der Waals surface area (Å²) in [5.74, 6) is 2.41. The average molecular weight is 480 g/mol. The minimum atomic E-state index is 0.154. The van der Waals surface area contributed by atoms with E-state index in [0.717, 1.165) is 66.1 Å². The number of carbonyl (C=O) groups excluding carboxylic acids is 1. The summed E-state index contributed by atoms with van der Waals surface area (Å²) in [6.07, 6.45) is 3.71. The van der Waals surface area contributed by atoms with Crippen molar-refractivity contribution in [3.05, 3.63) is 91.0 Å². The Balaban J connectivity index is 1.11. The van der Waals surface area contributed by atoms with Crippen LogP contribution < -0.4 is 4.74 Å². The molecule has 36 heavy (non-hydrogen) atoms. The highest BCUT2D eigenvalue weighted by Gasteiger charge is 2.25. The van der Waals surface area contributed by atoms with Gasteiger partial charge in [-0.3, -0.25) is 4.79 Å². The van der Waals surface area contributed by atoms with E-state index in [9.17, 15) is 4.79 Å². The van der Waals surface area contributed by atoms with E-state index in [1.165, 1.54) is 0 Å². The number of ether oxygens (including phenoxy) is 1. The maximum atomic E-state index is 13.0. The molecule has 1 aliphatic rings. The minimum absolute atomic E-state index is 0.154. The number of piperidine rings is 1. The molecule has 6 rings (SSSR count). The third-order valence-electron chi connectivity index (χ3n) is 7.09. The number of nitrogens with zero attached hydrogens (tertiary/aromatic N) is 5. The van der Waals surface area contributed by atoms with Gasteiger partial charge in [0.05, 0.1) is 28.4 Å². The average Bonchev–Trinajstić information content (AvgIpc) is 3.50. The van der Waals surface area contributed by atoms with Gasteiger partial charge in [-0.15, -0.1) is 0 Å². The van der Waals surface area contributed by atoms with Crippen LogP contribution in [0.4, 0.5) is 0 Å². The number of likely N-dealkylation sites (tertiary alicyclic amines) is 1. The molecule has 3 heterocycles. The molecule has 7 heteroatoms. The molecule has 0 unspecified atom stereocenters. The van der Waals surface area contributed by atoms with E-state index in [-0.39, 0.29) is 5.91 Å². The molecule has 0 N–H and O–H groups in total. The van der Waals surface area contributed by atoms with Gasteiger partial charge < -0.3 is 18.8 Å². The van der Waals surface area contributed by atoms with E-state index in [4.69, 9.17) is 9.72 Å². The number of amides is 1. The first-order valence-corrected chi connectivity index (χ1v) is 12.5. The van der Waals surface area contributed by atoms with Gasteiger partial charge in [-0.25, -0.2) is 9.97 Å². The molecule has 3 aromatic carbocycles. The van der Waals surface area contributed by atoms with Crippen LogP contribution in [-0.2, 0) is 24.5 Å². The Bertz CT molecular complexity index is 1480. The monoisotopic (exact) mass is 479 g/mol. The summed E-state index contributed by atoms with van der Waals surface area (Å²) in [4.78, 5) is 24.3. The number of hydrogen-bond donors (Lipinski definition) is 0. The van der Waals surface area contributed by atoms with Crippen LogP contribution in [-0.4, -0.2) is 43.0 Å². The standard InChI is InChI=1S/C29H29N5O2/c35-29(19-33-21-30-24-10-4-6-12-26(24)33)32-16-14-22(15-17-32)18-34-27-13-7-5-11-25(27)31-28(34)20-36-23-8-2-1-3-9-23/h1-13,21-22H,14-20H2. The van der Waals surface area contributed by atoms with Gasteiger partial charge in [0.1, 0.15) is 24.7 Å². The number of hydrogen-bond acceptors (Lipinski definition) is 4. The van der Waals surface area contributed by atoms with Gasteiger partial charge >= 0.3 is 0 Å². The molecule has 1 aliphatic heterocycles. The van der Waals surface area contributed by atoms with Crippen molar-refractivity contribution in [2.75, 3.05) is 13.1 Å². The van der Waals surface area contributed by atoms with Crippen LogP contribution in [0.3, 0.4) is 0 Å². The van der Waals surface area contributed by atoms with Crippen LogP contribution in [0.1, 0.15) is 18.7 Å². The Morgan fingerprint density at radius 3 is 2.36 bits per heavy atom. The van der Waals surface area contributed by atoms with Gasteiger partial charge in [0.25, 0.3) is 0 Å². The lowest BCUT2D eigenvalue weighted by atomic mass is 9.96. The Hall–Kier alpha value is -4.13. The van der Waals surface area contributed by atoms with Crippen LogP contribution in [0.15, 0.2) is 85.2 Å². The number of imidazole rings is 2. The van der Waals surface area contributed by atoms with Gasteiger partial charge in [-0.1, -0.05) is 42.5 Å². The predicted octanol–water partition coefficient (Wildman–Crippen LogP) is 4.90. The van der Waals surface area contributed by atoms with E-state index in [1.54, 1.807) is 6.33 Å². The number of para-hydroxylation sites is 5. The first kappa shape index (κ1) is 22.3. The summed E-state index contributed by atoms with van der Waals surface area (Å²) in [7, 11) is 0. The zero-order valence-electron chi connectivity index (χ0n) is 20.2. The lowest BCUT2D eigenvalue weighted by molar-refractivity contribution is -0.133. The second kappa shape index (κ2) is 9.85. The van der Waals surface area contributed by atoms with Crippen LogP contribution >= 0.6 is 0 Å². The molecule has 1 saturated heterocycles. The number of rotatable bonds is 7. The highest BCUT2D eigenvalue weighted by molar-refractivity contribution is 5.80. The largest absolute Gasteiger partial charge is 0.486 e. The molecule has 1 fully saturated rings. The van der Waals surface area contributed by atoms with E-state index in [1.807, 2.05) is 70.1 Å². The fraction of sp³-hybridized carbons (Fsp3) is 0.276. The second-order valence-corrected chi connectivity index (χ2v) is 9.41. The van der Waals surface area contributed by atoms with E-state index >= 15 is 0 Å². The molecular weight excluding hydrogens is 450 g/mol. The lowest BCUT2D eigenvalue weighted by Crippen LogP contribution is -2.41. The van der Waals surface area contributed by atoms with Crippen molar-refractivity contribution in [2.45, 2.75) is 32.5 Å². The molecule has 0 radical (unpaired) electrons. The molecule has 0 saturated carbocycles. The summed E-state index contributed by atoms with van der Waals surface area (Å²) >= 11 is 0. The number of aromatic nitrogens is 4. The van der Waals surface area contributed by atoms with Gasteiger partial charge in [0.2, 0.25) is 5.91 Å². The van der Waals surface area contributed by atoms with Crippen molar-refractivity contribution in [1.29, 1.82) is 0 Å². The van der Waals surface area contributed by atoms with Crippen LogP contribution in [0, 0.1) is 5.92 Å². The van der Waals surface area contributed by atoms with Gasteiger partial charge in [-0.05, 0) is 55.2 Å². The maximum absolute atomic E-state index is 13.0. The van der Waals surface area contributed by atoms with Crippen LogP contribution in [0.2, 0.25) is 0 Å². The summed E-state index contributed by atoms with van der Waals surface area (Å²) in [6, 6.07) is 26.1.